The van der Waals surface area contributed by atoms with Gasteiger partial charge in [-0.05, 0) is 12.3 Å². The third kappa shape index (κ3) is 2.23. The molecule has 0 saturated heterocycles. The number of carbonyl (C=O) groups excluding carboxylic acids is 1. The molecule has 2 N–H and O–H groups in total. The van der Waals surface area contributed by atoms with E-state index in [1.165, 1.54) is 0 Å². The zero-order valence-electron chi connectivity index (χ0n) is 10.9. The second-order valence-electron chi connectivity index (χ2n) is 4.44. The second kappa shape index (κ2) is 5.08. The Kier molecular flexibility index (Phi) is 3.12. The van der Waals surface area contributed by atoms with Gasteiger partial charge < -0.3 is 5.32 Å². The van der Waals surface area contributed by atoms with Crippen LogP contribution in [-0.4, -0.2) is 26.2 Å². The molecular weight excluding hydrogens is 254 g/mol. The Hall–Kier alpha value is -2.76. The molecule has 0 amide bonds. The third-order valence-electron chi connectivity index (χ3n) is 3.08. The summed E-state index contributed by atoms with van der Waals surface area (Å²) in [5, 5.41) is 15.3. The van der Waals surface area contributed by atoms with Crippen molar-refractivity contribution in [1.82, 2.24) is 20.4 Å². The maximum atomic E-state index is 11.6. The molecule has 0 bridgehead atoms. The molecule has 6 heteroatoms. The van der Waals surface area contributed by atoms with Crippen LogP contribution in [0.25, 0.3) is 10.8 Å². The van der Waals surface area contributed by atoms with Crippen molar-refractivity contribution in [3.8, 4) is 0 Å². The first kappa shape index (κ1) is 12.3. The summed E-state index contributed by atoms with van der Waals surface area (Å²) in [5.74, 6) is 0.741. The molecule has 1 aromatic carbocycles. The van der Waals surface area contributed by atoms with Crippen molar-refractivity contribution in [1.29, 1.82) is 0 Å². The fourth-order valence-corrected chi connectivity index (χ4v) is 2.10. The van der Waals surface area contributed by atoms with Crippen LogP contribution >= 0.6 is 0 Å². The number of aromatic amines is 1. The number of fused-ring (bicyclic) bond motifs is 1. The molecule has 3 rings (SSSR count). The highest BCUT2D eigenvalue weighted by atomic mass is 16.1. The Bertz CT molecular complexity index is 751. The number of ketones is 1. The molecule has 3 aromatic rings. The number of aromatic nitrogens is 4. The van der Waals surface area contributed by atoms with Gasteiger partial charge in [0.25, 0.3) is 0 Å². The smallest absolute Gasteiger partial charge is 0.161 e. The highest BCUT2D eigenvalue weighted by Crippen LogP contribution is 2.24. The van der Waals surface area contributed by atoms with Crippen LogP contribution in [0.2, 0.25) is 0 Å². The number of nitrogens with one attached hydrogen (secondary N) is 2. The number of nitrogens with zero attached hydrogens (tertiary/aromatic N) is 3. The Morgan fingerprint density at radius 3 is 2.75 bits per heavy atom. The number of H-pyrrole nitrogens is 1. The average Bonchev–Trinajstić information content (AvgIpc) is 2.97. The summed E-state index contributed by atoms with van der Waals surface area (Å²) >= 11 is 0. The lowest BCUT2D eigenvalue weighted by atomic mass is 10.0. The minimum absolute atomic E-state index is 0.0109. The summed E-state index contributed by atoms with van der Waals surface area (Å²) in [7, 11) is 0. The number of hydrogen-bond donors (Lipinski definition) is 2. The van der Waals surface area contributed by atoms with Gasteiger partial charge in [-0.2, -0.15) is 15.4 Å². The molecule has 0 fully saturated rings. The lowest BCUT2D eigenvalue weighted by molar-refractivity contribution is 0.101. The number of Topliss-reactive ketones (excluding diaryl/α,β-unsaturated/α-hetero) is 1. The first-order chi connectivity index (χ1) is 9.75. The summed E-state index contributed by atoms with van der Waals surface area (Å²) in [6, 6.07) is 7.71. The lowest BCUT2D eigenvalue weighted by Crippen LogP contribution is -2.04. The lowest BCUT2D eigenvalue weighted by Gasteiger charge is -2.09. The van der Waals surface area contributed by atoms with Crippen LogP contribution in [0.1, 0.15) is 23.0 Å². The van der Waals surface area contributed by atoms with E-state index in [1.54, 1.807) is 19.3 Å². The Labute approximate surface area is 115 Å². The van der Waals surface area contributed by atoms with Crippen LogP contribution in [0.3, 0.4) is 0 Å². The zero-order valence-corrected chi connectivity index (χ0v) is 10.9. The topological polar surface area (TPSA) is 83.6 Å². The summed E-state index contributed by atoms with van der Waals surface area (Å²) in [6.45, 7) is 2.07. The first-order valence-electron chi connectivity index (χ1n) is 6.23. The van der Waals surface area contributed by atoms with E-state index in [0.717, 1.165) is 22.3 Å². The predicted octanol–water partition coefficient (Wildman–Crippen LogP) is 2.17. The molecule has 6 nitrogen and oxygen atoms in total. The van der Waals surface area contributed by atoms with Crippen molar-refractivity contribution in [3.63, 3.8) is 0 Å². The molecule has 20 heavy (non-hydrogen) atoms. The van der Waals surface area contributed by atoms with Gasteiger partial charge in [-0.25, -0.2) is 4.98 Å². The van der Waals surface area contributed by atoms with Gasteiger partial charge in [0.05, 0.1) is 12.7 Å². The number of hydrogen-bond acceptors (Lipinski definition) is 5. The summed E-state index contributed by atoms with van der Waals surface area (Å²) < 4.78 is 0. The van der Waals surface area contributed by atoms with Crippen LogP contribution < -0.4 is 5.32 Å². The van der Waals surface area contributed by atoms with Gasteiger partial charge in [-0.3, -0.25) is 4.79 Å². The second-order valence-corrected chi connectivity index (χ2v) is 4.44. The van der Waals surface area contributed by atoms with E-state index in [9.17, 15) is 4.79 Å². The van der Waals surface area contributed by atoms with Crippen molar-refractivity contribution < 1.29 is 4.79 Å². The standard InChI is InChI=1S/C14H13N5O/c1-9(20)13-8-16-14(12-5-3-2-4-11(12)13)15-6-10-7-17-19-18-10/h2-5,7-8H,6H2,1H3,(H,15,16)(H,17,18,19). The number of anilines is 1. The number of carbonyl (C=O) groups is 1. The first-order valence-corrected chi connectivity index (χ1v) is 6.23. The molecule has 0 saturated carbocycles. The Morgan fingerprint density at radius 2 is 2.05 bits per heavy atom. The largest absolute Gasteiger partial charge is 0.364 e. The summed E-state index contributed by atoms with van der Waals surface area (Å²) in [4.78, 5) is 16.0. The van der Waals surface area contributed by atoms with E-state index < -0.39 is 0 Å². The highest BCUT2D eigenvalue weighted by molar-refractivity contribution is 6.09. The molecule has 0 aliphatic heterocycles. The van der Waals surface area contributed by atoms with Crippen molar-refractivity contribution in [3.05, 3.63) is 47.9 Å². The van der Waals surface area contributed by atoms with Gasteiger partial charge in [-0.15, -0.1) is 0 Å². The molecule has 2 heterocycles. The van der Waals surface area contributed by atoms with E-state index in [0.29, 0.717) is 12.1 Å². The van der Waals surface area contributed by atoms with Gasteiger partial charge in [0.15, 0.2) is 5.78 Å². The predicted molar refractivity (Wildman–Crippen MR) is 75.5 cm³/mol. The van der Waals surface area contributed by atoms with Gasteiger partial charge in [-0.1, -0.05) is 24.3 Å². The van der Waals surface area contributed by atoms with E-state index >= 15 is 0 Å². The minimum atomic E-state index is 0.0109. The highest BCUT2D eigenvalue weighted by Gasteiger charge is 2.10. The maximum Gasteiger partial charge on any atom is 0.161 e. The van der Waals surface area contributed by atoms with Gasteiger partial charge >= 0.3 is 0 Å². The average molecular weight is 267 g/mol. The fraction of sp³-hybridized carbons (Fsp3) is 0.143. The van der Waals surface area contributed by atoms with Crippen LogP contribution in [-0.2, 0) is 6.54 Å². The van der Waals surface area contributed by atoms with Crippen LogP contribution in [0.5, 0.6) is 0 Å². The van der Waals surface area contributed by atoms with E-state index in [-0.39, 0.29) is 5.78 Å². The van der Waals surface area contributed by atoms with Gasteiger partial charge in [0.2, 0.25) is 0 Å². The number of pyridine rings is 1. The monoisotopic (exact) mass is 267 g/mol. The Morgan fingerprint density at radius 1 is 1.25 bits per heavy atom. The van der Waals surface area contributed by atoms with Crippen LogP contribution in [0.15, 0.2) is 36.7 Å². The fourth-order valence-electron chi connectivity index (χ4n) is 2.10. The number of rotatable bonds is 4. The van der Waals surface area contributed by atoms with Crippen molar-refractivity contribution in [2.45, 2.75) is 13.5 Å². The molecule has 0 atom stereocenters. The quantitative estimate of drug-likeness (QED) is 0.708. The van der Waals surface area contributed by atoms with E-state index in [4.69, 9.17) is 0 Å². The third-order valence-corrected chi connectivity index (χ3v) is 3.08. The normalized spacial score (nSPS) is 10.7. The molecule has 0 aliphatic carbocycles. The Balaban J connectivity index is 1.99. The van der Waals surface area contributed by atoms with E-state index in [1.807, 2.05) is 24.3 Å². The molecule has 0 radical (unpaired) electrons. The molecule has 0 spiro atoms. The van der Waals surface area contributed by atoms with Gasteiger partial charge in [0, 0.05) is 17.1 Å². The maximum absolute atomic E-state index is 11.6. The summed E-state index contributed by atoms with van der Waals surface area (Å²) in [6.07, 6.45) is 3.26. The van der Waals surface area contributed by atoms with Crippen LogP contribution in [0.4, 0.5) is 5.82 Å². The van der Waals surface area contributed by atoms with Gasteiger partial charge in [0.1, 0.15) is 11.5 Å². The van der Waals surface area contributed by atoms with E-state index in [2.05, 4.69) is 25.7 Å². The van der Waals surface area contributed by atoms with Crippen LogP contribution in [0, 0.1) is 0 Å². The minimum Gasteiger partial charge on any atom is -0.364 e. The van der Waals surface area contributed by atoms with Crippen molar-refractivity contribution in [2.24, 2.45) is 0 Å². The molecule has 0 aliphatic rings. The number of benzene rings is 1. The molecule has 0 unspecified atom stereocenters. The molecular formula is C14H13N5O. The zero-order chi connectivity index (χ0) is 13.9. The summed E-state index contributed by atoms with van der Waals surface area (Å²) in [5.41, 5.74) is 1.43. The van der Waals surface area contributed by atoms with Crippen molar-refractivity contribution >= 4 is 22.4 Å². The molecule has 2 aromatic heterocycles. The molecule has 100 valence electrons. The SMILES string of the molecule is CC(=O)c1cnc(NCc2cn[nH]n2)c2ccccc12. The van der Waals surface area contributed by atoms with Crippen molar-refractivity contribution in [2.75, 3.05) is 5.32 Å².